The first kappa shape index (κ1) is 17.4. The molecule has 1 saturated carbocycles. The maximum absolute atomic E-state index is 12.8. The first-order valence-corrected chi connectivity index (χ1v) is 9.98. The number of carbonyl (C=O) groups is 4. The van der Waals surface area contributed by atoms with Crippen molar-refractivity contribution in [3.63, 3.8) is 0 Å². The molecule has 0 radical (unpaired) electrons. The van der Waals surface area contributed by atoms with Crippen LogP contribution in [0.4, 0.5) is 5.69 Å². The minimum Gasteiger partial charge on any atom is -0.371 e. The highest BCUT2D eigenvalue weighted by Crippen LogP contribution is 2.47. The van der Waals surface area contributed by atoms with Crippen LogP contribution in [0.3, 0.4) is 0 Å². The summed E-state index contributed by atoms with van der Waals surface area (Å²) in [7, 11) is 0. The van der Waals surface area contributed by atoms with Crippen molar-refractivity contribution in [2.24, 2.45) is 5.41 Å². The second-order valence-corrected chi connectivity index (χ2v) is 8.62. The van der Waals surface area contributed by atoms with Crippen LogP contribution in [0.2, 0.25) is 0 Å². The number of amides is 3. The van der Waals surface area contributed by atoms with Gasteiger partial charge in [0.15, 0.2) is 0 Å². The Balaban J connectivity index is 1.30. The van der Waals surface area contributed by atoms with Gasteiger partial charge >= 0.3 is 0 Å². The van der Waals surface area contributed by atoms with Gasteiger partial charge in [-0.15, -0.1) is 0 Å². The van der Waals surface area contributed by atoms with Gasteiger partial charge in [0.1, 0.15) is 11.8 Å². The monoisotopic (exact) mass is 381 g/mol. The fourth-order valence-corrected chi connectivity index (χ4v) is 5.14. The van der Waals surface area contributed by atoms with Gasteiger partial charge in [0, 0.05) is 50.1 Å². The third kappa shape index (κ3) is 2.72. The molecule has 3 fully saturated rings. The first-order chi connectivity index (χ1) is 13.4. The van der Waals surface area contributed by atoms with Crippen molar-refractivity contribution >= 4 is 29.2 Å². The number of anilines is 1. The van der Waals surface area contributed by atoms with Gasteiger partial charge in [-0.1, -0.05) is 0 Å². The smallest absolute Gasteiger partial charge is 0.255 e. The Labute approximate surface area is 163 Å². The molecule has 28 heavy (non-hydrogen) atoms. The lowest BCUT2D eigenvalue weighted by Crippen LogP contribution is -2.52. The van der Waals surface area contributed by atoms with Crippen LogP contribution in [-0.2, 0) is 20.9 Å². The molecule has 1 aromatic carbocycles. The van der Waals surface area contributed by atoms with Crippen molar-refractivity contribution in [2.45, 2.75) is 51.1 Å². The minimum atomic E-state index is -0.577. The van der Waals surface area contributed by atoms with E-state index in [1.807, 2.05) is 12.1 Å². The van der Waals surface area contributed by atoms with Gasteiger partial charge in [-0.05, 0) is 48.4 Å². The molecule has 3 aliphatic heterocycles. The van der Waals surface area contributed by atoms with Crippen LogP contribution in [0, 0.1) is 5.41 Å². The summed E-state index contributed by atoms with van der Waals surface area (Å²) in [6, 6.07) is 5.32. The normalized spacial score (nSPS) is 26.4. The van der Waals surface area contributed by atoms with Crippen molar-refractivity contribution in [1.82, 2.24) is 10.2 Å². The highest BCUT2D eigenvalue weighted by Gasteiger charge is 2.45. The van der Waals surface area contributed by atoms with Gasteiger partial charge in [-0.25, -0.2) is 0 Å². The zero-order valence-corrected chi connectivity index (χ0v) is 15.7. The summed E-state index contributed by atoms with van der Waals surface area (Å²) in [5.74, 6) is -0.405. The largest absolute Gasteiger partial charge is 0.371 e. The van der Waals surface area contributed by atoms with E-state index >= 15 is 0 Å². The van der Waals surface area contributed by atoms with E-state index < -0.39 is 6.04 Å². The molecule has 3 amide bonds. The maximum atomic E-state index is 12.8. The Morgan fingerprint density at radius 3 is 2.46 bits per heavy atom. The summed E-state index contributed by atoms with van der Waals surface area (Å²) in [5.41, 5.74) is 2.91. The Morgan fingerprint density at radius 2 is 1.79 bits per heavy atom. The zero-order valence-electron chi connectivity index (χ0n) is 15.7. The van der Waals surface area contributed by atoms with Crippen molar-refractivity contribution in [3.05, 3.63) is 29.3 Å². The molecule has 3 heterocycles. The lowest BCUT2D eigenvalue weighted by Gasteiger charge is -2.47. The van der Waals surface area contributed by atoms with Gasteiger partial charge in [-0.3, -0.25) is 24.5 Å². The number of nitrogens with one attached hydrogen (secondary N) is 1. The predicted molar refractivity (Wildman–Crippen MR) is 101 cm³/mol. The second kappa shape index (κ2) is 6.15. The number of Topliss-reactive ketones (excluding diaryl/α,β-unsaturated/α-hetero) is 1. The number of hydrogen-bond acceptors (Lipinski definition) is 5. The molecular formula is C21H23N3O4. The highest BCUT2D eigenvalue weighted by molar-refractivity contribution is 6.05. The molecule has 1 unspecified atom stereocenters. The average Bonchev–Trinajstić information content (AvgIpc) is 2.97. The lowest BCUT2D eigenvalue weighted by atomic mass is 9.62. The van der Waals surface area contributed by atoms with Crippen molar-refractivity contribution in [2.75, 3.05) is 18.0 Å². The van der Waals surface area contributed by atoms with E-state index in [0.717, 1.165) is 50.0 Å². The zero-order chi connectivity index (χ0) is 19.5. The Morgan fingerprint density at radius 1 is 1.04 bits per heavy atom. The van der Waals surface area contributed by atoms with Crippen molar-refractivity contribution in [1.29, 1.82) is 0 Å². The molecule has 1 N–H and O–H groups in total. The van der Waals surface area contributed by atoms with Gasteiger partial charge in [0.25, 0.3) is 5.91 Å². The molecule has 0 bridgehead atoms. The fourth-order valence-electron chi connectivity index (χ4n) is 5.14. The van der Waals surface area contributed by atoms with E-state index in [1.165, 1.54) is 0 Å². The lowest BCUT2D eigenvalue weighted by molar-refractivity contribution is -0.137. The van der Waals surface area contributed by atoms with E-state index in [-0.39, 0.29) is 29.6 Å². The summed E-state index contributed by atoms with van der Waals surface area (Å²) in [5, 5.41) is 2.33. The summed E-state index contributed by atoms with van der Waals surface area (Å²) in [4.78, 5) is 51.6. The highest BCUT2D eigenvalue weighted by atomic mass is 16.2. The van der Waals surface area contributed by atoms with E-state index in [2.05, 4.69) is 16.3 Å². The molecule has 1 aromatic rings. The number of nitrogens with zero attached hydrogens (tertiary/aromatic N) is 2. The maximum Gasteiger partial charge on any atom is 0.255 e. The molecule has 1 atom stereocenters. The Bertz CT molecular complexity index is 891. The van der Waals surface area contributed by atoms with E-state index in [1.54, 1.807) is 4.90 Å². The van der Waals surface area contributed by atoms with E-state index in [9.17, 15) is 19.2 Å². The van der Waals surface area contributed by atoms with Gasteiger partial charge in [0.2, 0.25) is 11.8 Å². The van der Waals surface area contributed by atoms with Gasteiger partial charge in [-0.2, -0.15) is 0 Å². The van der Waals surface area contributed by atoms with Gasteiger partial charge in [0.05, 0.1) is 0 Å². The number of fused-ring (bicyclic) bond motifs is 1. The molecule has 4 aliphatic rings. The number of benzene rings is 1. The standard InChI is InChI=1S/C21H23N3O4/c25-15-10-21(11-15)5-7-23(8-6-21)14-1-2-16-13(9-14)12-24(20(16)28)17-3-4-18(26)22-19(17)27/h1-2,9,17H,3-8,10-12H2,(H,22,26,27). The molecule has 2 saturated heterocycles. The van der Waals surface area contributed by atoms with Crippen LogP contribution in [0.1, 0.15) is 54.4 Å². The van der Waals surface area contributed by atoms with Crippen LogP contribution in [0.5, 0.6) is 0 Å². The number of imide groups is 1. The SMILES string of the molecule is O=C1CC2(CCN(c3ccc4c(c3)CN(C3CCC(=O)NC3=O)C4=O)CC2)C1. The fraction of sp³-hybridized carbons (Fsp3) is 0.524. The summed E-state index contributed by atoms with van der Waals surface area (Å²) in [6.07, 6.45) is 4.19. The van der Waals surface area contributed by atoms with Crippen molar-refractivity contribution in [3.8, 4) is 0 Å². The second-order valence-electron chi connectivity index (χ2n) is 8.62. The summed E-state index contributed by atoms with van der Waals surface area (Å²) < 4.78 is 0. The van der Waals surface area contributed by atoms with Crippen LogP contribution in [0.15, 0.2) is 18.2 Å². The third-order valence-electron chi connectivity index (χ3n) is 6.84. The third-order valence-corrected chi connectivity index (χ3v) is 6.84. The topological polar surface area (TPSA) is 86.8 Å². The molecule has 146 valence electrons. The molecule has 0 aromatic heterocycles. The van der Waals surface area contributed by atoms with Crippen LogP contribution in [-0.4, -0.2) is 47.5 Å². The summed E-state index contributed by atoms with van der Waals surface area (Å²) in [6.45, 7) is 2.26. The summed E-state index contributed by atoms with van der Waals surface area (Å²) >= 11 is 0. The van der Waals surface area contributed by atoms with E-state index in [4.69, 9.17) is 0 Å². The predicted octanol–water partition coefficient (Wildman–Crippen LogP) is 1.40. The van der Waals surface area contributed by atoms with Crippen LogP contribution in [0.25, 0.3) is 0 Å². The van der Waals surface area contributed by atoms with Crippen LogP contribution < -0.4 is 10.2 Å². The van der Waals surface area contributed by atoms with E-state index in [0.29, 0.717) is 24.3 Å². The number of carbonyl (C=O) groups excluding carboxylic acids is 4. The molecule has 1 aliphatic carbocycles. The molecular weight excluding hydrogens is 358 g/mol. The molecule has 7 nitrogen and oxygen atoms in total. The number of ketones is 1. The molecule has 1 spiro atoms. The molecule has 7 heteroatoms. The molecule has 5 rings (SSSR count). The van der Waals surface area contributed by atoms with Gasteiger partial charge < -0.3 is 9.80 Å². The van der Waals surface area contributed by atoms with Crippen LogP contribution >= 0.6 is 0 Å². The number of rotatable bonds is 2. The number of piperidine rings is 2. The Hall–Kier alpha value is -2.70. The Kier molecular flexibility index (Phi) is 3.82. The average molecular weight is 381 g/mol. The minimum absolute atomic E-state index is 0.137. The quantitative estimate of drug-likeness (QED) is 0.783. The van der Waals surface area contributed by atoms with Crippen molar-refractivity contribution < 1.29 is 19.2 Å². The first-order valence-electron chi connectivity index (χ1n) is 9.98. The number of hydrogen-bond donors (Lipinski definition) is 1.